The van der Waals surface area contributed by atoms with E-state index < -0.39 is 32.2 Å². The molecule has 8 nitrogen and oxygen atoms in total. The third-order valence-electron chi connectivity index (χ3n) is 3.79. The SMILES string of the molecule is CCOC(=O)c1cccn1S(=O)(=O)C1CCCCC1[N+](=O)[O-]. The van der Waals surface area contributed by atoms with Crippen molar-refractivity contribution in [3.05, 3.63) is 34.1 Å². The number of carbonyl (C=O) groups is 1. The largest absolute Gasteiger partial charge is 0.461 e. The minimum atomic E-state index is -4.03. The van der Waals surface area contributed by atoms with Gasteiger partial charge in [0.15, 0.2) is 0 Å². The van der Waals surface area contributed by atoms with E-state index in [0.29, 0.717) is 12.8 Å². The molecule has 122 valence electrons. The van der Waals surface area contributed by atoms with Gasteiger partial charge >= 0.3 is 5.97 Å². The standard InChI is InChI=1S/C13H18N2O6S/c1-2-21-13(16)11-7-5-9-14(11)22(19,20)12-8-4-3-6-10(12)15(17)18/h5,7,9-10,12H,2-4,6,8H2,1H3. The maximum absolute atomic E-state index is 12.7. The molecule has 0 bridgehead atoms. The summed E-state index contributed by atoms with van der Waals surface area (Å²) in [6.45, 7) is 1.73. The van der Waals surface area contributed by atoms with Crippen LogP contribution in [0.1, 0.15) is 43.1 Å². The molecule has 9 heteroatoms. The normalized spacial score (nSPS) is 22.2. The third kappa shape index (κ3) is 2.99. The van der Waals surface area contributed by atoms with Crippen molar-refractivity contribution in [3.63, 3.8) is 0 Å². The van der Waals surface area contributed by atoms with Gasteiger partial charge in [-0.3, -0.25) is 10.1 Å². The Morgan fingerprint density at radius 1 is 1.45 bits per heavy atom. The van der Waals surface area contributed by atoms with E-state index >= 15 is 0 Å². The van der Waals surface area contributed by atoms with Crippen LogP contribution in [-0.4, -0.2) is 41.2 Å². The number of hydrogen-bond donors (Lipinski definition) is 0. The highest BCUT2D eigenvalue weighted by Crippen LogP contribution is 2.28. The summed E-state index contributed by atoms with van der Waals surface area (Å²) >= 11 is 0. The predicted octanol–water partition coefficient (Wildman–Crippen LogP) is 1.43. The molecule has 0 aromatic carbocycles. The van der Waals surface area contributed by atoms with Crippen LogP contribution < -0.4 is 0 Å². The van der Waals surface area contributed by atoms with Crippen molar-refractivity contribution in [2.45, 2.75) is 43.9 Å². The van der Waals surface area contributed by atoms with Crippen LogP contribution in [-0.2, 0) is 14.8 Å². The molecule has 1 aliphatic carbocycles. The minimum Gasteiger partial charge on any atom is -0.461 e. The smallest absolute Gasteiger partial charge is 0.355 e. The van der Waals surface area contributed by atoms with E-state index in [2.05, 4.69) is 0 Å². The second-order valence-electron chi connectivity index (χ2n) is 5.13. The van der Waals surface area contributed by atoms with E-state index in [0.717, 1.165) is 3.97 Å². The molecule has 0 N–H and O–H groups in total. The monoisotopic (exact) mass is 330 g/mol. The lowest BCUT2D eigenvalue weighted by Crippen LogP contribution is -2.44. The first kappa shape index (κ1) is 16.5. The Hall–Kier alpha value is -1.90. The summed E-state index contributed by atoms with van der Waals surface area (Å²) in [4.78, 5) is 22.4. The fraction of sp³-hybridized carbons (Fsp3) is 0.615. The van der Waals surface area contributed by atoms with Crippen LogP contribution in [0.5, 0.6) is 0 Å². The number of nitrogens with zero attached hydrogens (tertiary/aromatic N) is 2. The second-order valence-corrected chi connectivity index (χ2v) is 7.16. The molecule has 0 radical (unpaired) electrons. The number of esters is 1. The maximum atomic E-state index is 12.7. The van der Waals surface area contributed by atoms with Gasteiger partial charge in [0.1, 0.15) is 10.9 Å². The van der Waals surface area contributed by atoms with Gasteiger partial charge in [-0.25, -0.2) is 17.2 Å². The first-order chi connectivity index (χ1) is 10.4. The highest BCUT2D eigenvalue weighted by molar-refractivity contribution is 7.90. The molecule has 2 unspecified atom stereocenters. The Labute approximate surface area is 128 Å². The fourth-order valence-electron chi connectivity index (χ4n) is 2.76. The number of rotatable bonds is 5. The zero-order chi connectivity index (χ0) is 16.3. The zero-order valence-electron chi connectivity index (χ0n) is 12.2. The van der Waals surface area contributed by atoms with Gasteiger partial charge in [-0.15, -0.1) is 0 Å². The molecule has 0 amide bonds. The van der Waals surface area contributed by atoms with E-state index in [1.807, 2.05) is 0 Å². The summed E-state index contributed by atoms with van der Waals surface area (Å²) in [7, 11) is -4.03. The third-order valence-corrected chi connectivity index (χ3v) is 5.97. The highest BCUT2D eigenvalue weighted by atomic mass is 32.2. The number of ether oxygens (including phenoxy) is 1. The predicted molar refractivity (Wildman–Crippen MR) is 77.7 cm³/mol. The fourth-order valence-corrected chi connectivity index (χ4v) is 4.80. The van der Waals surface area contributed by atoms with E-state index in [-0.39, 0.29) is 25.1 Å². The molecule has 1 aromatic rings. The van der Waals surface area contributed by atoms with Crippen molar-refractivity contribution in [1.82, 2.24) is 3.97 Å². The highest BCUT2D eigenvalue weighted by Gasteiger charge is 2.44. The Bertz CT molecular complexity index is 666. The number of carbonyl (C=O) groups excluding carboxylic acids is 1. The van der Waals surface area contributed by atoms with Crippen LogP contribution >= 0.6 is 0 Å². The maximum Gasteiger partial charge on any atom is 0.355 e. The van der Waals surface area contributed by atoms with Crippen LogP contribution in [0.25, 0.3) is 0 Å². The molecule has 22 heavy (non-hydrogen) atoms. The van der Waals surface area contributed by atoms with Crippen LogP contribution in [0.15, 0.2) is 18.3 Å². The van der Waals surface area contributed by atoms with E-state index in [1.54, 1.807) is 6.92 Å². The van der Waals surface area contributed by atoms with Crippen LogP contribution in [0.3, 0.4) is 0 Å². The van der Waals surface area contributed by atoms with Crippen molar-refractivity contribution in [1.29, 1.82) is 0 Å². The van der Waals surface area contributed by atoms with Crippen molar-refractivity contribution in [3.8, 4) is 0 Å². The molecule has 1 aliphatic rings. The van der Waals surface area contributed by atoms with Crippen molar-refractivity contribution < 1.29 is 22.9 Å². The average molecular weight is 330 g/mol. The Morgan fingerprint density at radius 2 is 2.14 bits per heavy atom. The molecule has 1 heterocycles. The molecule has 0 aliphatic heterocycles. The molecule has 0 spiro atoms. The second kappa shape index (κ2) is 6.47. The number of nitro groups is 1. The molecule has 1 aromatic heterocycles. The Balaban J connectivity index is 2.40. The van der Waals surface area contributed by atoms with Crippen LogP contribution in [0.2, 0.25) is 0 Å². The van der Waals surface area contributed by atoms with E-state index in [4.69, 9.17) is 4.74 Å². The summed E-state index contributed by atoms with van der Waals surface area (Å²) in [6, 6.07) is 1.60. The number of aromatic nitrogens is 1. The van der Waals surface area contributed by atoms with Gasteiger partial charge in [-0.05, 0) is 31.9 Å². The average Bonchev–Trinajstić information content (AvgIpc) is 2.97. The minimum absolute atomic E-state index is 0.116. The lowest BCUT2D eigenvalue weighted by Gasteiger charge is -2.26. The van der Waals surface area contributed by atoms with Gasteiger partial charge in [0, 0.05) is 17.5 Å². The summed E-state index contributed by atoms with van der Waals surface area (Å²) in [5.74, 6) is -0.760. The summed E-state index contributed by atoms with van der Waals surface area (Å²) in [6.07, 6.45) is 2.92. The van der Waals surface area contributed by atoms with Gasteiger partial charge in [0.25, 0.3) is 0 Å². The molecular weight excluding hydrogens is 312 g/mol. The van der Waals surface area contributed by atoms with Gasteiger partial charge in [-0.1, -0.05) is 6.42 Å². The summed E-state index contributed by atoms with van der Waals surface area (Å²) in [5.41, 5.74) is -0.130. The quantitative estimate of drug-likeness (QED) is 0.459. The lowest BCUT2D eigenvalue weighted by molar-refractivity contribution is -0.524. The van der Waals surface area contributed by atoms with Gasteiger partial charge in [0.2, 0.25) is 16.1 Å². The topological polar surface area (TPSA) is 109 Å². The van der Waals surface area contributed by atoms with Gasteiger partial charge in [0.05, 0.1) is 6.61 Å². The first-order valence-electron chi connectivity index (χ1n) is 7.12. The van der Waals surface area contributed by atoms with Gasteiger partial charge < -0.3 is 4.74 Å². The summed E-state index contributed by atoms with van der Waals surface area (Å²) in [5, 5.41) is 10.0. The van der Waals surface area contributed by atoms with E-state index in [9.17, 15) is 23.3 Å². The van der Waals surface area contributed by atoms with Crippen molar-refractivity contribution in [2.24, 2.45) is 0 Å². The Kier molecular flexibility index (Phi) is 4.84. The van der Waals surface area contributed by atoms with Crippen LogP contribution in [0, 0.1) is 10.1 Å². The number of hydrogen-bond acceptors (Lipinski definition) is 6. The molecule has 2 rings (SSSR count). The first-order valence-corrected chi connectivity index (χ1v) is 8.62. The van der Waals surface area contributed by atoms with Gasteiger partial charge in [-0.2, -0.15) is 0 Å². The van der Waals surface area contributed by atoms with Crippen LogP contribution in [0.4, 0.5) is 0 Å². The lowest BCUT2D eigenvalue weighted by atomic mass is 9.95. The molecule has 0 saturated heterocycles. The summed E-state index contributed by atoms with van der Waals surface area (Å²) < 4.78 is 31.1. The molecule has 2 atom stereocenters. The Morgan fingerprint density at radius 3 is 2.77 bits per heavy atom. The zero-order valence-corrected chi connectivity index (χ0v) is 13.0. The van der Waals surface area contributed by atoms with Crippen molar-refractivity contribution in [2.75, 3.05) is 6.61 Å². The molecule has 1 fully saturated rings. The molecule has 1 saturated carbocycles. The molecular formula is C13H18N2O6S. The van der Waals surface area contributed by atoms with E-state index in [1.165, 1.54) is 18.3 Å². The van der Waals surface area contributed by atoms with Crippen molar-refractivity contribution >= 4 is 16.0 Å².